The fourth-order valence-electron chi connectivity index (χ4n) is 3.84. The van der Waals surface area contributed by atoms with Crippen LogP contribution in [0.3, 0.4) is 0 Å². The number of carbonyl (C=O) groups excluding carboxylic acids is 1. The summed E-state index contributed by atoms with van der Waals surface area (Å²) in [6.07, 6.45) is 3.88. The van der Waals surface area contributed by atoms with Gasteiger partial charge < -0.3 is 9.12 Å². The van der Waals surface area contributed by atoms with Crippen LogP contribution >= 0.6 is 0 Å². The van der Waals surface area contributed by atoms with Gasteiger partial charge in [-0.25, -0.2) is 17.2 Å². The van der Waals surface area contributed by atoms with E-state index in [9.17, 15) is 27.0 Å². The van der Waals surface area contributed by atoms with Gasteiger partial charge >= 0.3 is 0 Å². The van der Waals surface area contributed by atoms with Crippen LogP contribution in [-0.4, -0.2) is 35.3 Å². The molecule has 0 saturated carbocycles. The van der Waals surface area contributed by atoms with Crippen molar-refractivity contribution in [2.45, 2.75) is 32.7 Å². The second-order valence-corrected chi connectivity index (χ2v) is 12.0. The number of hydrogen-bond acceptors (Lipinski definition) is 6. The largest absolute Gasteiger partial charge is 0.598 e. The molecular formula is C26H29F2N3O5S2. The molecule has 0 radical (unpaired) electrons. The number of ketones is 1. The number of anilines is 1. The first kappa shape index (κ1) is 29.5. The molecule has 0 aliphatic rings. The number of benzene rings is 2. The number of hydrogen-bond donors (Lipinski definition) is 2. The van der Waals surface area contributed by atoms with Crippen LogP contribution in [-0.2, 0) is 28.4 Å². The number of pyridine rings is 1. The summed E-state index contributed by atoms with van der Waals surface area (Å²) in [6, 6.07) is 7.48. The molecule has 0 amide bonds. The smallest absolute Gasteiger partial charge is 0.250 e. The van der Waals surface area contributed by atoms with E-state index >= 15 is 4.39 Å². The number of aryl methyl sites for hydroxylation is 1. The summed E-state index contributed by atoms with van der Waals surface area (Å²) in [6.45, 7) is 3.67. The maximum atomic E-state index is 15.1. The number of nitrogens with one attached hydrogen (secondary N) is 2. The van der Waals surface area contributed by atoms with Crippen molar-refractivity contribution in [3.8, 4) is 11.1 Å². The molecule has 1 heterocycles. The molecule has 0 aliphatic heterocycles. The Kier molecular flexibility index (Phi) is 9.47. The van der Waals surface area contributed by atoms with Gasteiger partial charge in [0.2, 0.25) is 10.0 Å². The minimum atomic E-state index is -3.88. The Morgan fingerprint density at radius 1 is 1.13 bits per heavy atom. The Hall–Kier alpha value is -3.06. The molecule has 12 heteroatoms. The highest BCUT2D eigenvalue weighted by Crippen LogP contribution is 2.35. The number of halogens is 2. The maximum absolute atomic E-state index is 15.1. The zero-order chi connectivity index (χ0) is 28.2. The summed E-state index contributed by atoms with van der Waals surface area (Å²) in [4.78, 5) is 26.0. The molecule has 1 unspecified atom stereocenters. The monoisotopic (exact) mass is 565 g/mol. The number of rotatable bonds is 11. The Bertz CT molecular complexity index is 1490. The summed E-state index contributed by atoms with van der Waals surface area (Å²) in [5, 5.41) is 0. The Labute approximate surface area is 223 Å². The second-order valence-electron chi connectivity index (χ2n) is 8.92. The van der Waals surface area contributed by atoms with Gasteiger partial charge in [0.1, 0.15) is 17.4 Å². The summed E-state index contributed by atoms with van der Waals surface area (Å²) < 4.78 is 71.2. The van der Waals surface area contributed by atoms with E-state index in [0.717, 1.165) is 37.3 Å². The van der Waals surface area contributed by atoms with Gasteiger partial charge in [-0.1, -0.05) is 13.3 Å². The molecule has 204 valence electrons. The molecule has 0 saturated heterocycles. The van der Waals surface area contributed by atoms with E-state index in [1.54, 1.807) is 6.92 Å². The molecule has 0 aliphatic carbocycles. The van der Waals surface area contributed by atoms with Crippen molar-refractivity contribution in [2.24, 2.45) is 7.05 Å². The zero-order valence-electron chi connectivity index (χ0n) is 21.4. The summed E-state index contributed by atoms with van der Waals surface area (Å²) in [7, 11) is -2.39. The van der Waals surface area contributed by atoms with Crippen LogP contribution in [0.25, 0.3) is 11.1 Å². The second kappa shape index (κ2) is 12.2. The fourth-order valence-corrected chi connectivity index (χ4v) is 5.59. The van der Waals surface area contributed by atoms with Crippen molar-refractivity contribution >= 4 is 32.9 Å². The first-order chi connectivity index (χ1) is 17.8. The van der Waals surface area contributed by atoms with Crippen molar-refractivity contribution in [3.63, 3.8) is 0 Å². The molecule has 0 fully saturated rings. The number of unbranched alkanes of at least 4 members (excludes halogenated alkanes) is 1. The fraction of sp³-hybridized carbons (Fsp3) is 0.308. The molecule has 3 aromatic rings. The number of aromatic nitrogens is 1. The van der Waals surface area contributed by atoms with E-state index in [4.69, 9.17) is 0 Å². The molecule has 2 atom stereocenters. The van der Waals surface area contributed by atoms with Crippen LogP contribution in [0.2, 0.25) is 0 Å². The van der Waals surface area contributed by atoms with E-state index in [1.165, 1.54) is 42.1 Å². The van der Waals surface area contributed by atoms with E-state index in [2.05, 4.69) is 9.44 Å². The first-order valence-corrected chi connectivity index (χ1v) is 15.0. The standard InChI is InChI=1S/C26H29F2N3O5S2/c1-5-6-11-37(34)29-16(2)19-14-25(32)31(3)15-22(19)20-13-24(30-38(4,35)36)23(28)12-21(20)26(33)17-7-9-18(27)10-8-17/h7-10,12-16,29-30H,5-6,11H2,1-4H3/t16-,37?/m0/s1. The Balaban J connectivity index is 2.26. The number of carbonyl (C=O) groups is 1. The van der Waals surface area contributed by atoms with E-state index < -0.39 is 50.5 Å². The molecule has 0 bridgehead atoms. The topological polar surface area (TPSA) is 120 Å². The minimum Gasteiger partial charge on any atom is -0.598 e. The SMILES string of the molecule is CCCC[S+]([O-])N[C@@H](C)c1cc(=O)n(C)cc1-c1cc(NS(C)(=O)=O)c(F)cc1C(=O)c1ccc(F)cc1. The van der Waals surface area contributed by atoms with Gasteiger partial charge in [0.15, 0.2) is 5.78 Å². The Morgan fingerprint density at radius 2 is 1.79 bits per heavy atom. The lowest BCUT2D eigenvalue weighted by molar-refractivity contribution is 0.103. The average Bonchev–Trinajstić information content (AvgIpc) is 2.84. The van der Waals surface area contributed by atoms with Crippen LogP contribution in [0.4, 0.5) is 14.5 Å². The van der Waals surface area contributed by atoms with Crippen LogP contribution in [0.15, 0.2) is 53.5 Å². The summed E-state index contributed by atoms with van der Waals surface area (Å²) in [5.41, 5.74) is 0.00128. The van der Waals surface area contributed by atoms with Crippen molar-refractivity contribution in [3.05, 3.63) is 87.3 Å². The average molecular weight is 566 g/mol. The molecule has 0 spiro atoms. The van der Waals surface area contributed by atoms with Crippen LogP contribution in [0.1, 0.15) is 54.2 Å². The normalized spacial score (nSPS) is 13.2. The third-order valence-corrected chi connectivity index (χ3v) is 7.63. The predicted molar refractivity (Wildman–Crippen MR) is 145 cm³/mol. The molecule has 38 heavy (non-hydrogen) atoms. The number of nitrogens with zero attached hydrogens (tertiary/aromatic N) is 1. The van der Waals surface area contributed by atoms with Crippen LogP contribution in [0.5, 0.6) is 0 Å². The highest BCUT2D eigenvalue weighted by molar-refractivity contribution is 7.92. The van der Waals surface area contributed by atoms with Gasteiger partial charge in [-0.15, -0.1) is 4.72 Å². The van der Waals surface area contributed by atoms with Gasteiger partial charge in [0, 0.05) is 47.4 Å². The molecule has 8 nitrogen and oxygen atoms in total. The van der Waals surface area contributed by atoms with Gasteiger partial charge in [-0.2, -0.15) is 0 Å². The maximum Gasteiger partial charge on any atom is 0.250 e. The van der Waals surface area contributed by atoms with E-state index in [1.807, 2.05) is 6.92 Å². The molecule has 2 aromatic carbocycles. The zero-order valence-corrected chi connectivity index (χ0v) is 23.0. The highest BCUT2D eigenvalue weighted by Gasteiger charge is 2.25. The third kappa shape index (κ3) is 7.28. The lowest BCUT2D eigenvalue weighted by Gasteiger charge is -2.22. The Morgan fingerprint density at radius 3 is 2.39 bits per heavy atom. The van der Waals surface area contributed by atoms with Crippen molar-refractivity contribution in [1.82, 2.24) is 9.29 Å². The molecular weight excluding hydrogens is 536 g/mol. The quantitative estimate of drug-likeness (QED) is 0.267. The van der Waals surface area contributed by atoms with Crippen molar-refractivity contribution < 1.29 is 26.5 Å². The van der Waals surface area contributed by atoms with Crippen molar-refractivity contribution in [1.29, 1.82) is 0 Å². The third-order valence-electron chi connectivity index (χ3n) is 5.76. The van der Waals surface area contributed by atoms with Gasteiger partial charge in [0.25, 0.3) is 5.56 Å². The lowest BCUT2D eigenvalue weighted by Crippen LogP contribution is -2.31. The van der Waals surface area contributed by atoms with Gasteiger partial charge in [0.05, 0.1) is 18.0 Å². The summed E-state index contributed by atoms with van der Waals surface area (Å²) >= 11 is -1.41. The van der Waals surface area contributed by atoms with Crippen LogP contribution < -0.4 is 15.0 Å². The van der Waals surface area contributed by atoms with Gasteiger partial charge in [-0.05, 0) is 60.9 Å². The first-order valence-electron chi connectivity index (χ1n) is 11.8. The van der Waals surface area contributed by atoms with Crippen molar-refractivity contribution in [2.75, 3.05) is 16.7 Å². The predicted octanol–water partition coefficient (Wildman–Crippen LogP) is 4.05. The molecule has 1 aromatic heterocycles. The summed E-state index contributed by atoms with van der Waals surface area (Å²) in [5.74, 6) is -1.80. The number of sulfonamides is 1. The van der Waals surface area contributed by atoms with E-state index in [0.29, 0.717) is 16.9 Å². The molecule has 3 rings (SSSR count). The molecule has 2 N–H and O–H groups in total. The van der Waals surface area contributed by atoms with Crippen LogP contribution in [0, 0.1) is 11.6 Å². The van der Waals surface area contributed by atoms with Gasteiger partial charge in [-0.3, -0.25) is 14.3 Å². The van der Waals surface area contributed by atoms with E-state index in [-0.39, 0.29) is 22.2 Å². The lowest BCUT2D eigenvalue weighted by atomic mass is 9.90. The minimum absolute atomic E-state index is 0.0779. The highest BCUT2D eigenvalue weighted by atomic mass is 32.2.